The SMILES string of the molecule is CC12CC1CN(C(=O)Cc1csc(-c3ccccc3)n1)C2. The zero-order valence-electron chi connectivity index (χ0n) is 12.1. The lowest BCUT2D eigenvalue weighted by molar-refractivity contribution is -0.130. The van der Waals surface area contributed by atoms with Crippen molar-refractivity contribution in [3.05, 3.63) is 41.4 Å². The Morgan fingerprint density at radius 1 is 1.43 bits per heavy atom. The summed E-state index contributed by atoms with van der Waals surface area (Å²) in [5, 5.41) is 3.01. The minimum Gasteiger partial charge on any atom is -0.342 e. The molecule has 0 bridgehead atoms. The number of carbonyl (C=O) groups excluding carboxylic acids is 1. The number of aromatic nitrogens is 1. The van der Waals surface area contributed by atoms with E-state index in [1.165, 1.54) is 6.42 Å². The molecule has 108 valence electrons. The molecule has 1 aromatic carbocycles. The molecule has 4 rings (SSSR count). The molecule has 2 atom stereocenters. The molecule has 0 spiro atoms. The second-order valence-corrected chi connectivity index (χ2v) is 7.37. The summed E-state index contributed by atoms with van der Waals surface area (Å²) in [6.45, 7) is 4.18. The van der Waals surface area contributed by atoms with Gasteiger partial charge in [0.15, 0.2) is 0 Å². The molecule has 3 nitrogen and oxygen atoms in total. The number of carbonyl (C=O) groups is 1. The molecule has 1 aromatic heterocycles. The van der Waals surface area contributed by atoms with Gasteiger partial charge in [-0.2, -0.15) is 0 Å². The molecule has 2 aliphatic rings. The number of benzene rings is 1. The first kappa shape index (κ1) is 13.0. The molecular weight excluding hydrogens is 280 g/mol. The van der Waals surface area contributed by atoms with Gasteiger partial charge in [0.05, 0.1) is 12.1 Å². The van der Waals surface area contributed by atoms with Crippen molar-refractivity contribution in [1.29, 1.82) is 0 Å². The summed E-state index contributed by atoms with van der Waals surface area (Å²) in [6, 6.07) is 10.1. The van der Waals surface area contributed by atoms with Crippen LogP contribution in [0.5, 0.6) is 0 Å². The number of piperidine rings is 1. The van der Waals surface area contributed by atoms with Gasteiger partial charge in [0.1, 0.15) is 5.01 Å². The van der Waals surface area contributed by atoms with Crippen LogP contribution in [0.4, 0.5) is 0 Å². The summed E-state index contributed by atoms with van der Waals surface area (Å²) in [5.41, 5.74) is 2.44. The highest BCUT2D eigenvalue weighted by atomic mass is 32.1. The number of nitrogens with zero attached hydrogens (tertiary/aromatic N) is 2. The minimum absolute atomic E-state index is 0.230. The molecule has 1 saturated heterocycles. The fourth-order valence-corrected chi connectivity index (χ4v) is 4.13. The normalized spacial score (nSPS) is 26.7. The molecule has 2 heterocycles. The number of thiazole rings is 1. The standard InChI is InChI=1S/C17H18N2OS/c1-17-8-13(17)9-19(11-17)15(20)7-14-10-21-16(18-14)12-5-3-2-4-6-12/h2-6,10,13H,7-9,11H2,1H3. The van der Waals surface area contributed by atoms with Crippen molar-refractivity contribution in [1.82, 2.24) is 9.88 Å². The van der Waals surface area contributed by atoms with E-state index in [-0.39, 0.29) is 5.91 Å². The smallest absolute Gasteiger partial charge is 0.228 e. The first-order valence-corrected chi connectivity index (χ1v) is 8.30. The first-order valence-electron chi connectivity index (χ1n) is 7.42. The highest BCUT2D eigenvalue weighted by Gasteiger charge is 2.57. The minimum atomic E-state index is 0.230. The van der Waals surface area contributed by atoms with Gasteiger partial charge in [0.25, 0.3) is 0 Å². The largest absolute Gasteiger partial charge is 0.342 e. The molecule has 21 heavy (non-hydrogen) atoms. The Balaban J connectivity index is 1.44. The lowest BCUT2D eigenvalue weighted by atomic mass is 10.1. The Hall–Kier alpha value is -1.68. The predicted molar refractivity (Wildman–Crippen MR) is 84.0 cm³/mol. The van der Waals surface area contributed by atoms with Crippen molar-refractivity contribution in [3.8, 4) is 10.6 Å². The van der Waals surface area contributed by atoms with E-state index in [0.29, 0.717) is 11.8 Å². The van der Waals surface area contributed by atoms with Crippen LogP contribution in [0.1, 0.15) is 19.0 Å². The number of fused-ring (bicyclic) bond motifs is 1. The summed E-state index contributed by atoms with van der Waals surface area (Å²) in [5.74, 6) is 0.977. The third-order valence-corrected chi connectivity index (χ3v) is 5.73. The van der Waals surface area contributed by atoms with Gasteiger partial charge >= 0.3 is 0 Å². The van der Waals surface area contributed by atoms with Crippen LogP contribution in [0, 0.1) is 11.3 Å². The zero-order chi connectivity index (χ0) is 14.4. The van der Waals surface area contributed by atoms with Crippen LogP contribution in [0.15, 0.2) is 35.7 Å². The van der Waals surface area contributed by atoms with E-state index < -0.39 is 0 Å². The zero-order valence-corrected chi connectivity index (χ0v) is 12.9. The molecule has 4 heteroatoms. The maximum Gasteiger partial charge on any atom is 0.228 e. The van der Waals surface area contributed by atoms with Gasteiger partial charge in [-0.15, -0.1) is 11.3 Å². The van der Waals surface area contributed by atoms with Gasteiger partial charge < -0.3 is 4.90 Å². The van der Waals surface area contributed by atoms with Crippen LogP contribution in [0.25, 0.3) is 10.6 Å². The summed E-state index contributed by atoms with van der Waals surface area (Å²) in [6.07, 6.45) is 1.73. The highest BCUT2D eigenvalue weighted by Crippen LogP contribution is 2.57. The van der Waals surface area contributed by atoms with Crippen molar-refractivity contribution in [3.63, 3.8) is 0 Å². The second-order valence-electron chi connectivity index (χ2n) is 6.52. The molecule has 0 N–H and O–H groups in total. The van der Waals surface area contributed by atoms with Gasteiger partial charge in [-0.25, -0.2) is 4.98 Å². The number of amides is 1. The van der Waals surface area contributed by atoms with E-state index in [0.717, 1.165) is 35.3 Å². The maximum absolute atomic E-state index is 12.4. The van der Waals surface area contributed by atoms with Crippen LogP contribution in [-0.2, 0) is 11.2 Å². The third kappa shape index (κ3) is 2.38. The van der Waals surface area contributed by atoms with E-state index in [1.54, 1.807) is 11.3 Å². The fraction of sp³-hybridized carbons (Fsp3) is 0.412. The molecular formula is C17H18N2OS. The van der Waals surface area contributed by atoms with Crippen LogP contribution < -0.4 is 0 Å². The van der Waals surface area contributed by atoms with E-state index in [9.17, 15) is 4.79 Å². The van der Waals surface area contributed by atoms with Crippen LogP contribution in [0.2, 0.25) is 0 Å². The van der Waals surface area contributed by atoms with Gasteiger partial charge in [-0.3, -0.25) is 4.79 Å². The molecule has 2 unspecified atom stereocenters. The summed E-state index contributed by atoms with van der Waals surface area (Å²) >= 11 is 1.61. The monoisotopic (exact) mass is 298 g/mol. The average molecular weight is 298 g/mol. The van der Waals surface area contributed by atoms with E-state index in [4.69, 9.17) is 0 Å². The quantitative estimate of drug-likeness (QED) is 0.871. The molecule has 2 fully saturated rings. The Labute approximate surface area is 128 Å². The summed E-state index contributed by atoms with van der Waals surface area (Å²) in [4.78, 5) is 19.0. The fourth-order valence-electron chi connectivity index (χ4n) is 3.31. The average Bonchev–Trinajstić information content (AvgIpc) is 2.86. The van der Waals surface area contributed by atoms with E-state index in [2.05, 4.69) is 24.0 Å². The van der Waals surface area contributed by atoms with E-state index in [1.807, 2.05) is 28.5 Å². The Kier molecular flexibility index (Phi) is 2.89. The van der Waals surface area contributed by atoms with Gasteiger partial charge in [-0.05, 0) is 17.8 Å². The second kappa shape index (κ2) is 4.67. The lowest BCUT2D eigenvalue weighted by Gasteiger charge is -2.18. The number of likely N-dealkylation sites (tertiary alicyclic amines) is 1. The number of rotatable bonds is 3. The first-order chi connectivity index (χ1) is 10.1. The topological polar surface area (TPSA) is 33.2 Å². The van der Waals surface area contributed by atoms with Crippen molar-refractivity contribution in [2.75, 3.05) is 13.1 Å². The third-order valence-electron chi connectivity index (χ3n) is 4.79. The van der Waals surface area contributed by atoms with Crippen molar-refractivity contribution in [2.24, 2.45) is 11.3 Å². The van der Waals surface area contributed by atoms with Crippen molar-refractivity contribution < 1.29 is 4.79 Å². The molecule has 1 saturated carbocycles. The van der Waals surface area contributed by atoms with Gasteiger partial charge in [0, 0.05) is 24.0 Å². The Bertz CT molecular complexity index is 681. The highest BCUT2D eigenvalue weighted by molar-refractivity contribution is 7.13. The Morgan fingerprint density at radius 3 is 2.95 bits per heavy atom. The lowest BCUT2D eigenvalue weighted by Crippen LogP contribution is -2.32. The number of hydrogen-bond donors (Lipinski definition) is 0. The molecule has 2 aromatic rings. The van der Waals surface area contributed by atoms with Crippen LogP contribution in [0.3, 0.4) is 0 Å². The van der Waals surface area contributed by atoms with Gasteiger partial charge in [0.2, 0.25) is 5.91 Å². The molecule has 1 aliphatic carbocycles. The van der Waals surface area contributed by atoms with E-state index >= 15 is 0 Å². The molecule has 1 amide bonds. The number of hydrogen-bond acceptors (Lipinski definition) is 3. The van der Waals surface area contributed by atoms with Crippen molar-refractivity contribution in [2.45, 2.75) is 19.8 Å². The summed E-state index contributed by atoms with van der Waals surface area (Å²) in [7, 11) is 0. The van der Waals surface area contributed by atoms with Crippen LogP contribution >= 0.6 is 11.3 Å². The van der Waals surface area contributed by atoms with Gasteiger partial charge in [-0.1, -0.05) is 37.3 Å². The van der Waals surface area contributed by atoms with Crippen LogP contribution in [-0.4, -0.2) is 28.9 Å². The summed E-state index contributed by atoms with van der Waals surface area (Å²) < 4.78 is 0. The Morgan fingerprint density at radius 2 is 2.24 bits per heavy atom. The molecule has 0 radical (unpaired) electrons. The molecule has 1 aliphatic heterocycles. The maximum atomic E-state index is 12.4. The predicted octanol–water partition coefficient (Wildman–Crippen LogP) is 3.22. The van der Waals surface area contributed by atoms with Crippen molar-refractivity contribution >= 4 is 17.2 Å².